The van der Waals surface area contributed by atoms with E-state index in [0.717, 1.165) is 19.6 Å². The molecule has 0 amide bonds. The summed E-state index contributed by atoms with van der Waals surface area (Å²) in [5.74, 6) is 0. The second kappa shape index (κ2) is 9.86. The smallest absolute Gasteiger partial charge is 0.0700 e. The van der Waals surface area contributed by atoms with Crippen molar-refractivity contribution in [1.82, 2.24) is 5.32 Å². The van der Waals surface area contributed by atoms with Gasteiger partial charge >= 0.3 is 0 Å². The van der Waals surface area contributed by atoms with Gasteiger partial charge in [-0.2, -0.15) is 0 Å². The van der Waals surface area contributed by atoms with Gasteiger partial charge in [0.05, 0.1) is 13.2 Å². The van der Waals surface area contributed by atoms with Crippen LogP contribution in [0, 0.1) is 5.41 Å². The largest absolute Gasteiger partial charge is 0.382 e. The Kier molecular flexibility index (Phi) is 9.79. The van der Waals surface area contributed by atoms with Crippen LogP contribution < -0.4 is 5.32 Å². The minimum Gasteiger partial charge on any atom is -0.382 e. The zero-order valence-electron chi connectivity index (χ0n) is 12.3. The minimum absolute atomic E-state index is 0.409. The highest BCUT2D eigenvalue weighted by Gasteiger charge is 2.16. The average molecular weight is 245 g/mol. The summed E-state index contributed by atoms with van der Waals surface area (Å²) in [5, 5.41) is 3.47. The fraction of sp³-hybridized carbons (Fsp3) is 1.00. The van der Waals surface area contributed by atoms with E-state index < -0.39 is 0 Å². The van der Waals surface area contributed by atoms with E-state index in [9.17, 15) is 0 Å². The summed E-state index contributed by atoms with van der Waals surface area (Å²) >= 11 is 0. The molecule has 3 nitrogen and oxygen atoms in total. The number of rotatable bonds is 11. The Bertz CT molecular complexity index is 170. The Morgan fingerprint density at radius 2 is 1.76 bits per heavy atom. The van der Waals surface area contributed by atoms with Gasteiger partial charge in [-0.3, -0.25) is 0 Å². The van der Waals surface area contributed by atoms with Crippen molar-refractivity contribution in [3.05, 3.63) is 0 Å². The second-order valence-corrected chi connectivity index (χ2v) is 5.73. The molecule has 104 valence electrons. The van der Waals surface area contributed by atoms with E-state index >= 15 is 0 Å². The third kappa shape index (κ3) is 12.1. The van der Waals surface area contributed by atoms with E-state index in [2.05, 4.69) is 33.0 Å². The van der Waals surface area contributed by atoms with Crippen LogP contribution in [0.15, 0.2) is 0 Å². The first-order chi connectivity index (χ1) is 7.98. The summed E-state index contributed by atoms with van der Waals surface area (Å²) in [6.45, 7) is 12.4. The lowest BCUT2D eigenvalue weighted by Gasteiger charge is -2.25. The average Bonchev–Trinajstić information content (AvgIpc) is 2.22. The molecule has 17 heavy (non-hydrogen) atoms. The van der Waals surface area contributed by atoms with Crippen LogP contribution in [0.4, 0.5) is 0 Å². The molecule has 0 bridgehead atoms. The predicted octanol–water partition coefficient (Wildman–Crippen LogP) is 2.84. The van der Waals surface area contributed by atoms with Gasteiger partial charge in [0.25, 0.3) is 0 Å². The molecule has 0 radical (unpaired) electrons. The van der Waals surface area contributed by atoms with Gasteiger partial charge in [-0.15, -0.1) is 0 Å². The molecule has 0 aliphatic rings. The maximum Gasteiger partial charge on any atom is 0.0700 e. The molecule has 0 aromatic carbocycles. The SMILES string of the molecule is COCCOCCCC(C)(C)CCNC(C)C. The van der Waals surface area contributed by atoms with Crippen molar-refractivity contribution < 1.29 is 9.47 Å². The van der Waals surface area contributed by atoms with Crippen molar-refractivity contribution in [1.29, 1.82) is 0 Å². The Morgan fingerprint density at radius 1 is 1.06 bits per heavy atom. The lowest BCUT2D eigenvalue weighted by Crippen LogP contribution is -2.27. The maximum atomic E-state index is 5.47. The van der Waals surface area contributed by atoms with Crippen molar-refractivity contribution in [2.45, 2.75) is 53.0 Å². The van der Waals surface area contributed by atoms with Gasteiger partial charge in [0.15, 0.2) is 0 Å². The standard InChI is InChI=1S/C14H31NO2/c1-13(2)15-9-8-14(3,4)7-6-10-17-12-11-16-5/h13,15H,6-12H2,1-5H3. The molecular formula is C14H31NO2. The highest BCUT2D eigenvalue weighted by molar-refractivity contribution is 4.70. The van der Waals surface area contributed by atoms with Crippen LogP contribution in [0.25, 0.3) is 0 Å². The van der Waals surface area contributed by atoms with Crippen LogP contribution in [-0.4, -0.2) is 39.5 Å². The molecule has 1 N–H and O–H groups in total. The molecule has 0 saturated heterocycles. The number of methoxy groups -OCH3 is 1. The van der Waals surface area contributed by atoms with Gasteiger partial charge < -0.3 is 14.8 Å². The summed E-state index contributed by atoms with van der Waals surface area (Å²) in [7, 11) is 1.70. The molecule has 0 aromatic heterocycles. The predicted molar refractivity (Wildman–Crippen MR) is 73.5 cm³/mol. The monoisotopic (exact) mass is 245 g/mol. The summed E-state index contributed by atoms with van der Waals surface area (Å²) < 4.78 is 10.4. The minimum atomic E-state index is 0.409. The Morgan fingerprint density at radius 3 is 2.35 bits per heavy atom. The van der Waals surface area contributed by atoms with Crippen LogP contribution in [0.1, 0.15) is 47.0 Å². The van der Waals surface area contributed by atoms with Gasteiger partial charge in [0.2, 0.25) is 0 Å². The van der Waals surface area contributed by atoms with Gasteiger partial charge in [0, 0.05) is 19.8 Å². The van der Waals surface area contributed by atoms with Crippen LogP contribution in [0.5, 0.6) is 0 Å². The topological polar surface area (TPSA) is 30.5 Å². The van der Waals surface area contributed by atoms with E-state index in [-0.39, 0.29) is 0 Å². The van der Waals surface area contributed by atoms with Crippen LogP contribution >= 0.6 is 0 Å². The highest BCUT2D eigenvalue weighted by atomic mass is 16.5. The van der Waals surface area contributed by atoms with Crippen LogP contribution in [-0.2, 0) is 9.47 Å². The molecule has 0 heterocycles. The maximum absolute atomic E-state index is 5.47. The molecule has 0 spiro atoms. The molecule has 0 unspecified atom stereocenters. The fourth-order valence-electron chi connectivity index (χ4n) is 1.72. The lowest BCUT2D eigenvalue weighted by atomic mass is 9.84. The first kappa shape index (κ1) is 16.9. The van der Waals surface area contributed by atoms with Crippen LogP contribution in [0.2, 0.25) is 0 Å². The van der Waals surface area contributed by atoms with E-state index in [0.29, 0.717) is 24.7 Å². The molecule has 0 atom stereocenters. The summed E-state index contributed by atoms with van der Waals surface area (Å²) in [6.07, 6.45) is 3.58. The lowest BCUT2D eigenvalue weighted by molar-refractivity contribution is 0.0645. The fourth-order valence-corrected chi connectivity index (χ4v) is 1.72. The van der Waals surface area contributed by atoms with E-state index in [4.69, 9.17) is 9.47 Å². The third-order valence-corrected chi connectivity index (χ3v) is 2.93. The summed E-state index contributed by atoms with van der Waals surface area (Å²) in [4.78, 5) is 0. The quantitative estimate of drug-likeness (QED) is 0.568. The van der Waals surface area contributed by atoms with Crippen molar-refractivity contribution in [3.63, 3.8) is 0 Å². The number of hydrogen-bond acceptors (Lipinski definition) is 3. The Balaban J connectivity index is 3.43. The van der Waals surface area contributed by atoms with Gasteiger partial charge in [0.1, 0.15) is 0 Å². The number of ether oxygens (including phenoxy) is 2. The summed E-state index contributed by atoms with van der Waals surface area (Å²) in [6, 6.07) is 0.586. The Hall–Kier alpha value is -0.120. The molecule has 0 rings (SSSR count). The van der Waals surface area contributed by atoms with E-state index in [1.54, 1.807) is 7.11 Å². The zero-order valence-corrected chi connectivity index (χ0v) is 12.3. The van der Waals surface area contributed by atoms with E-state index in [1.165, 1.54) is 12.8 Å². The van der Waals surface area contributed by atoms with E-state index in [1.807, 2.05) is 0 Å². The molecule has 0 aromatic rings. The molecule has 3 heteroatoms. The van der Waals surface area contributed by atoms with Gasteiger partial charge in [-0.1, -0.05) is 27.7 Å². The first-order valence-electron chi connectivity index (χ1n) is 6.78. The van der Waals surface area contributed by atoms with Crippen molar-refractivity contribution in [3.8, 4) is 0 Å². The van der Waals surface area contributed by atoms with Gasteiger partial charge in [-0.25, -0.2) is 0 Å². The normalized spacial score (nSPS) is 12.4. The molecule has 0 saturated carbocycles. The van der Waals surface area contributed by atoms with Crippen molar-refractivity contribution >= 4 is 0 Å². The van der Waals surface area contributed by atoms with Crippen molar-refractivity contribution in [2.24, 2.45) is 5.41 Å². The third-order valence-electron chi connectivity index (χ3n) is 2.93. The number of nitrogens with one attached hydrogen (secondary N) is 1. The highest BCUT2D eigenvalue weighted by Crippen LogP contribution is 2.26. The molecular weight excluding hydrogens is 214 g/mol. The Labute approximate surface area is 107 Å². The number of hydrogen-bond donors (Lipinski definition) is 1. The zero-order chi connectivity index (χ0) is 13.1. The molecule has 0 aliphatic carbocycles. The molecule has 0 aliphatic heterocycles. The van der Waals surface area contributed by atoms with Crippen LogP contribution in [0.3, 0.4) is 0 Å². The summed E-state index contributed by atoms with van der Waals surface area (Å²) in [5.41, 5.74) is 0.409. The molecule has 0 fully saturated rings. The first-order valence-corrected chi connectivity index (χ1v) is 6.78. The van der Waals surface area contributed by atoms with Gasteiger partial charge in [-0.05, 0) is 31.2 Å². The second-order valence-electron chi connectivity index (χ2n) is 5.73. The van der Waals surface area contributed by atoms with Crippen molar-refractivity contribution in [2.75, 3.05) is 33.5 Å².